The van der Waals surface area contributed by atoms with Gasteiger partial charge >= 0.3 is 0 Å². The number of hydrogen-bond acceptors (Lipinski definition) is 3. The first-order chi connectivity index (χ1) is 10.6. The second kappa shape index (κ2) is 7.56. The van der Waals surface area contributed by atoms with Crippen LogP contribution < -0.4 is 15.4 Å². The highest BCUT2D eigenvalue weighted by Gasteiger charge is 2.10. The standard InChI is InChI=1S/C17H18N2O2S/c1-3-21-15-10-9-12(2)11-14(15)18-17(22)19-16(20)13-7-5-4-6-8-13/h4-11H,3H2,1-2H3,(H2,18,19,20,22). The van der Waals surface area contributed by atoms with Crippen molar-refractivity contribution in [3.05, 3.63) is 59.7 Å². The largest absolute Gasteiger partial charge is 0.492 e. The molecule has 0 radical (unpaired) electrons. The van der Waals surface area contributed by atoms with E-state index in [1.165, 1.54) is 0 Å². The number of carbonyl (C=O) groups excluding carboxylic acids is 1. The van der Waals surface area contributed by atoms with Gasteiger partial charge in [-0.15, -0.1) is 0 Å². The molecule has 0 atom stereocenters. The molecule has 0 bridgehead atoms. The lowest BCUT2D eigenvalue weighted by atomic mass is 10.2. The summed E-state index contributed by atoms with van der Waals surface area (Å²) in [5, 5.41) is 5.91. The van der Waals surface area contributed by atoms with Crippen molar-refractivity contribution in [3.63, 3.8) is 0 Å². The topological polar surface area (TPSA) is 50.4 Å². The molecular weight excluding hydrogens is 296 g/mol. The number of rotatable bonds is 4. The Bertz CT molecular complexity index is 672. The zero-order chi connectivity index (χ0) is 15.9. The van der Waals surface area contributed by atoms with Crippen LogP contribution in [0.4, 0.5) is 5.69 Å². The van der Waals surface area contributed by atoms with Crippen molar-refractivity contribution in [2.45, 2.75) is 13.8 Å². The van der Waals surface area contributed by atoms with Crippen molar-refractivity contribution in [3.8, 4) is 5.75 Å². The Labute approximate surface area is 135 Å². The average Bonchev–Trinajstić information content (AvgIpc) is 2.51. The predicted octanol–water partition coefficient (Wildman–Crippen LogP) is 3.52. The van der Waals surface area contributed by atoms with Crippen LogP contribution in [0, 0.1) is 6.92 Å². The van der Waals surface area contributed by atoms with Gasteiger partial charge in [-0.2, -0.15) is 0 Å². The number of nitrogens with one attached hydrogen (secondary N) is 2. The van der Waals surface area contributed by atoms with Gasteiger partial charge in [0.25, 0.3) is 5.91 Å². The molecule has 0 aliphatic carbocycles. The maximum Gasteiger partial charge on any atom is 0.257 e. The summed E-state index contributed by atoms with van der Waals surface area (Å²) in [6, 6.07) is 14.7. The number of amides is 1. The monoisotopic (exact) mass is 314 g/mol. The summed E-state index contributed by atoms with van der Waals surface area (Å²) in [6.07, 6.45) is 0. The fraction of sp³-hybridized carbons (Fsp3) is 0.176. The third-order valence-electron chi connectivity index (χ3n) is 2.95. The molecule has 0 fully saturated rings. The van der Waals surface area contributed by atoms with E-state index in [4.69, 9.17) is 17.0 Å². The van der Waals surface area contributed by atoms with Gasteiger partial charge in [-0.05, 0) is 55.9 Å². The first kappa shape index (κ1) is 16.0. The van der Waals surface area contributed by atoms with Gasteiger partial charge in [0.2, 0.25) is 0 Å². The Morgan fingerprint density at radius 3 is 2.59 bits per heavy atom. The molecule has 2 rings (SSSR count). The second-order valence-corrected chi connectivity index (χ2v) is 5.12. The van der Waals surface area contributed by atoms with Crippen LogP contribution in [0.2, 0.25) is 0 Å². The van der Waals surface area contributed by atoms with E-state index < -0.39 is 0 Å². The minimum atomic E-state index is -0.247. The molecule has 2 aromatic rings. The number of ether oxygens (including phenoxy) is 1. The molecule has 4 nitrogen and oxygen atoms in total. The summed E-state index contributed by atoms with van der Waals surface area (Å²) in [4.78, 5) is 12.1. The summed E-state index contributed by atoms with van der Waals surface area (Å²) in [5.41, 5.74) is 2.37. The normalized spacial score (nSPS) is 9.91. The second-order valence-electron chi connectivity index (χ2n) is 4.71. The number of thiocarbonyl (C=S) groups is 1. The summed E-state index contributed by atoms with van der Waals surface area (Å²) in [7, 11) is 0. The van der Waals surface area contributed by atoms with E-state index >= 15 is 0 Å². The van der Waals surface area contributed by atoms with Gasteiger partial charge in [-0.25, -0.2) is 0 Å². The maximum absolute atomic E-state index is 12.1. The van der Waals surface area contributed by atoms with Crippen LogP contribution in [-0.2, 0) is 0 Å². The molecule has 2 N–H and O–H groups in total. The molecular formula is C17H18N2O2S. The van der Waals surface area contributed by atoms with Gasteiger partial charge in [0.15, 0.2) is 5.11 Å². The maximum atomic E-state index is 12.1. The van der Waals surface area contributed by atoms with Gasteiger partial charge in [-0.3, -0.25) is 10.1 Å². The van der Waals surface area contributed by atoms with E-state index in [2.05, 4.69) is 10.6 Å². The van der Waals surface area contributed by atoms with Crippen molar-refractivity contribution in [1.82, 2.24) is 5.32 Å². The van der Waals surface area contributed by atoms with E-state index in [9.17, 15) is 4.79 Å². The van der Waals surface area contributed by atoms with Gasteiger partial charge in [0.05, 0.1) is 12.3 Å². The highest BCUT2D eigenvalue weighted by Crippen LogP contribution is 2.25. The molecule has 0 aliphatic rings. The molecule has 114 valence electrons. The molecule has 0 saturated heterocycles. The summed E-state index contributed by atoms with van der Waals surface area (Å²) >= 11 is 5.20. The fourth-order valence-electron chi connectivity index (χ4n) is 1.94. The van der Waals surface area contributed by atoms with E-state index in [1.807, 2.05) is 38.1 Å². The summed E-state index contributed by atoms with van der Waals surface area (Å²) < 4.78 is 5.55. The predicted molar refractivity (Wildman–Crippen MR) is 92.5 cm³/mol. The van der Waals surface area contributed by atoms with Crippen LogP contribution in [0.15, 0.2) is 48.5 Å². The van der Waals surface area contributed by atoms with Crippen LogP contribution in [-0.4, -0.2) is 17.6 Å². The zero-order valence-corrected chi connectivity index (χ0v) is 13.4. The molecule has 5 heteroatoms. The Morgan fingerprint density at radius 2 is 1.91 bits per heavy atom. The molecule has 0 aliphatic heterocycles. The lowest BCUT2D eigenvalue weighted by Crippen LogP contribution is -2.34. The quantitative estimate of drug-likeness (QED) is 0.848. The van der Waals surface area contributed by atoms with Crippen molar-refractivity contribution in [2.75, 3.05) is 11.9 Å². The zero-order valence-electron chi connectivity index (χ0n) is 12.6. The van der Waals surface area contributed by atoms with Crippen LogP contribution in [0.1, 0.15) is 22.8 Å². The van der Waals surface area contributed by atoms with Crippen molar-refractivity contribution in [2.24, 2.45) is 0 Å². The molecule has 0 saturated carbocycles. The average molecular weight is 314 g/mol. The summed E-state index contributed by atoms with van der Waals surface area (Å²) in [6.45, 7) is 4.45. The lowest BCUT2D eigenvalue weighted by molar-refractivity contribution is 0.0977. The molecule has 0 unspecified atom stereocenters. The van der Waals surface area contributed by atoms with Crippen LogP contribution in [0.3, 0.4) is 0 Å². The van der Waals surface area contributed by atoms with Gasteiger partial charge in [-0.1, -0.05) is 24.3 Å². The highest BCUT2D eigenvalue weighted by atomic mass is 32.1. The first-order valence-electron chi connectivity index (χ1n) is 7.01. The number of benzene rings is 2. The van der Waals surface area contributed by atoms with Crippen LogP contribution >= 0.6 is 12.2 Å². The van der Waals surface area contributed by atoms with Gasteiger partial charge in [0.1, 0.15) is 5.75 Å². The molecule has 0 spiro atoms. The third kappa shape index (κ3) is 4.30. The smallest absolute Gasteiger partial charge is 0.257 e. The minimum absolute atomic E-state index is 0.236. The lowest BCUT2D eigenvalue weighted by Gasteiger charge is -2.14. The Balaban J connectivity index is 2.06. The van der Waals surface area contributed by atoms with E-state index in [1.54, 1.807) is 24.3 Å². The third-order valence-corrected chi connectivity index (χ3v) is 3.15. The molecule has 0 heterocycles. The first-order valence-corrected chi connectivity index (χ1v) is 7.42. The SMILES string of the molecule is CCOc1ccc(C)cc1NC(=S)NC(=O)c1ccccc1. The fourth-order valence-corrected chi connectivity index (χ4v) is 2.14. The molecule has 0 aromatic heterocycles. The van der Waals surface area contributed by atoms with Crippen molar-refractivity contribution >= 4 is 28.9 Å². The van der Waals surface area contributed by atoms with Crippen molar-refractivity contribution in [1.29, 1.82) is 0 Å². The van der Waals surface area contributed by atoms with Gasteiger partial charge in [0, 0.05) is 5.56 Å². The van der Waals surface area contributed by atoms with E-state index in [0.717, 1.165) is 11.3 Å². The highest BCUT2D eigenvalue weighted by molar-refractivity contribution is 7.80. The molecule has 1 amide bonds. The Kier molecular flexibility index (Phi) is 5.49. The van der Waals surface area contributed by atoms with Crippen molar-refractivity contribution < 1.29 is 9.53 Å². The molecule has 2 aromatic carbocycles. The van der Waals surface area contributed by atoms with Crippen LogP contribution in [0.25, 0.3) is 0 Å². The number of anilines is 1. The summed E-state index contributed by atoms with van der Waals surface area (Å²) in [5.74, 6) is 0.452. The van der Waals surface area contributed by atoms with E-state index in [0.29, 0.717) is 17.9 Å². The van der Waals surface area contributed by atoms with Crippen LogP contribution in [0.5, 0.6) is 5.75 Å². The molecule has 22 heavy (non-hydrogen) atoms. The van der Waals surface area contributed by atoms with E-state index in [-0.39, 0.29) is 11.0 Å². The van der Waals surface area contributed by atoms with Gasteiger partial charge < -0.3 is 10.1 Å². The Hall–Kier alpha value is -2.40. The number of carbonyl (C=O) groups is 1. The Morgan fingerprint density at radius 1 is 1.18 bits per heavy atom. The minimum Gasteiger partial charge on any atom is -0.492 e. The number of hydrogen-bond donors (Lipinski definition) is 2. The number of aryl methyl sites for hydroxylation is 1.